The molecule has 0 amide bonds. The van der Waals surface area contributed by atoms with Crippen molar-refractivity contribution in [2.75, 3.05) is 43.4 Å². The van der Waals surface area contributed by atoms with Crippen LogP contribution in [0.4, 0.5) is 17.2 Å². The molecular weight excluding hydrogens is 370 g/mol. The summed E-state index contributed by atoms with van der Waals surface area (Å²) < 4.78 is 1.28. The lowest BCUT2D eigenvalue weighted by atomic mass is 10.2. The van der Waals surface area contributed by atoms with Crippen LogP contribution in [0.5, 0.6) is 0 Å². The van der Waals surface area contributed by atoms with Gasteiger partial charge in [0.1, 0.15) is 5.65 Å². The van der Waals surface area contributed by atoms with E-state index in [9.17, 15) is 14.7 Å². The van der Waals surface area contributed by atoms with Gasteiger partial charge in [-0.05, 0) is 37.7 Å². The monoisotopic (exact) mass is 393 g/mol. The fourth-order valence-corrected chi connectivity index (χ4v) is 3.53. The predicted molar refractivity (Wildman–Crippen MR) is 113 cm³/mol. The van der Waals surface area contributed by atoms with E-state index in [0.717, 1.165) is 37.4 Å². The van der Waals surface area contributed by atoms with E-state index in [1.54, 1.807) is 6.20 Å². The summed E-state index contributed by atoms with van der Waals surface area (Å²) in [6, 6.07) is 11.1. The van der Waals surface area contributed by atoms with Crippen molar-refractivity contribution in [3.8, 4) is 0 Å². The van der Waals surface area contributed by atoms with Crippen molar-refractivity contribution in [1.29, 1.82) is 0 Å². The van der Waals surface area contributed by atoms with Gasteiger partial charge in [0.2, 0.25) is 0 Å². The van der Waals surface area contributed by atoms with Crippen molar-refractivity contribution in [3.63, 3.8) is 0 Å². The van der Waals surface area contributed by atoms with Crippen LogP contribution >= 0.6 is 0 Å². The number of carboxylic acid groups (broad SMARTS) is 1. The average Bonchev–Trinajstić information content (AvgIpc) is 2.68. The summed E-state index contributed by atoms with van der Waals surface area (Å²) in [6.07, 6.45) is 1.60. The molecule has 1 aliphatic heterocycles. The molecule has 0 bridgehead atoms. The van der Waals surface area contributed by atoms with Gasteiger partial charge >= 0.3 is 5.97 Å². The van der Waals surface area contributed by atoms with Gasteiger partial charge in [0.15, 0.2) is 11.4 Å². The SMILES string of the molecule is Cc1cccc(Nc2nc3cc(N4CCN(C)CC4)ccn3c(=O)c2C(=O)O)c1. The van der Waals surface area contributed by atoms with Crippen LogP contribution < -0.4 is 15.8 Å². The van der Waals surface area contributed by atoms with Crippen molar-refractivity contribution in [2.24, 2.45) is 0 Å². The van der Waals surface area contributed by atoms with Gasteiger partial charge < -0.3 is 20.2 Å². The van der Waals surface area contributed by atoms with Gasteiger partial charge in [-0.3, -0.25) is 9.20 Å². The summed E-state index contributed by atoms with van der Waals surface area (Å²) in [7, 11) is 2.09. The number of fused-ring (bicyclic) bond motifs is 1. The molecule has 0 radical (unpaired) electrons. The molecule has 1 fully saturated rings. The zero-order valence-electron chi connectivity index (χ0n) is 16.4. The average molecular weight is 393 g/mol. The van der Waals surface area contributed by atoms with E-state index in [1.165, 1.54) is 4.40 Å². The zero-order valence-corrected chi connectivity index (χ0v) is 16.4. The molecule has 8 nitrogen and oxygen atoms in total. The topological polar surface area (TPSA) is 90.2 Å². The second kappa shape index (κ2) is 7.56. The van der Waals surface area contributed by atoms with Gasteiger partial charge in [-0.15, -0.1) is 0 Å². The zero-order chi connectivity index (χ0) is 20.5. The molecule has 150 valence electrons. The number of likely N-dealkylation sites (N-methyl/N-ethyl adjacent to an activating group) is 1. The molecule has 3 aromatic rings. The Kier molecular flexibility index (Phi) is 4.94. The Labute approximate surface area is 168 Å². The Morgan fingerprint density at radius 2 is 1.90 bits per heavy atom. The third kappa shape index (κ3) is 3.79. The normalized spacial score (nSPS) is 14.9. The van der Waals surface area contributed by atoms with Crippen LogP contribution in [0.1, 0.15) is 15.9 Å². The van der Waals surface area contributed by atoms with E-state index in [1.807, 2.05) is 43.3 Å². The molecule has 1 saturated heterocycles. The Bertz CT molecular complexity index is 1130. The van der Waals surface area contributed by atoms with Gasteiger partial charge in [0.25, 0.3) is 5.56 Å². The summed E-state index contributed by atoms with van der Waals surface area (Å²) >= 11 is 0. The minimum absolute atomic E-state index is 0.0450. The van der Waals surface area contributed by atoms with Gasteiger partial charge in [-0.2, -0.15) is 0 Å². The molecule has 2 aromatic heterocycles. The second-order valence-electron chi connectivity index (χ2n) is 7.34. The fraction of sp³-hybridized carbons (Fsp3) is 0.286. The molecule has 29 heavy (non-hydrogen) atoms. The van der Waals surface area contributed by atoms with Crippen LogP contribution in [-0.4, -0.2) is 58.6 Å². The number of nitrogens with zero attached hydrogens (tertiary/aromatic N) is 4. The van der Waals surface area contributed by atoms with Gasteiger partial charge in [0, 0.05) is 49.8 Å². The molecule has 1 aliphatic rings. The number of pyridine rings is 1. The first-order valence-electron chi connectivity index (χ1n) is 9.49. The number of anilines is 3. The molecule has 1 aromatic carbocycles. The molecule has 0 unspecified atom stereocenters. The number of carbonyl (C=O) groups is 1. The minimum atomic E-state index is -1.31. The predicted octanol–water partition coefficient (Wildman–Crippen LogP) is 2.20. The van der Waals surface area contributed by atoms with E-state index in [-0.39, 0.29) is 11.4 Å². The smallest absolute Gasteiger partial charge is 0.345 e. The number of hydrogen-bond donors (Lipinski definition) is 2. The van der Waals surface area contributed by atoms with Crippen LogP contribution in [-0.2, 0) is 0 Å². The lowest BCUT2D eigenvalue weighted by Crippen LogP contribution is -2.44. The van der Waals surface area contributed by atoms with Crippen molar-refractivity contribution in [2.45, 2.75) is 6.92 Å². The van der Waals surface area contributed by atoms with Gasteiger partial charge in [-0.1, -0.05) is 12.1 Å². The third-order valence-electron chi connectivity index (χ3n) is 5.18. The Balaban J connectivity index is 1.79. The molecule has 0 spiro atoms. The first-order valence-corrected chi connectivity index (χ1v) is 9.49. The first kappa shape index (κ1) is 18.9. The summed E-state index contributed by atoms with van der Waals surface area (Å²) in [5.74, 6) is -1.26. The number of carboxylic acids is 1. The number of aromatic nitrogens is 2. The first-order chi connectivity index (χ1) is 13.9. The van der Waals surface area contributed by atoms with Crippen LogP contribution in [0, 0.1) is 6.92 Å². The van der Waals surface area contributed by atoms with E-state index in [4.69, 9.17) is 0 Å². The van der Waals surface area contributed by atoms with E-state index >= 15 is 0 Å². The Hall–Kier alpha value is -3.39. The number of piperazine rings is 1. The maximum absolute atomic E-state index is 12.9. The highest BCUT2D eigenvalue weighted by Crippen LogP contribution is 2.22. The highest BCUT2D eigenvalue weighted by molar-refractivity contribution is 5.94. The standard InChI is InChI=1S/C21H23N5O3/c1-14-4-3-5-15(12-14)22-19-18(21(28)29)20(27)26-7-6-16(13-17(26)23-19)25-10-8-24(2)9-11-25/h3-7,12-13,22H,8-11H2,1-2H3,(H,28,29). The second-order valence-corrected chi connectivity index (χ2v) is 7.34. The minimum Gasteiger partial charge on any atom is -0.477 e. The molecule has 3 heterocycles. The van der Waals surface area contributed by atoms with E-state index in [2.05, 4.69) is 27.1 Å². The quantitative estimate of drug-likeness (QED) is 0.702. The highest BCUT2D eigenvalue weighted by Gasteiger charge is 2.21. The largest absolute Gasteiger partial charge is 0.477 e. The maximum Gasteiger partial charge on any atom is 0.345 e. The van der Waals surface area contributed by atoms with Crippen LogP contribution in [0.25, 0.3) is 5.65 Å². The number of hydrogen-bond acceptors (Lipinski definition) is 6. The highest BCUT2D eigenvalue weighted by atomic mass is 16.4. The van der Waals surface area contributed by atoms with Crippen molar-refractivity contribution >= 4 is 28.8 Å². The van der Waals surface area contributed by atoms with E-state index < -0.39 is 11.5 Å². The van der Waals surface area contributed by atoms with Crippen LogP contribution in [0.2, 0.25) is 0 Å². The summed E-state index contributed by atoms with van der Waals surface area (Å²) in [5, 5.41) is 12.6. The Morgan fingerprint density at radius 1 is 1.14 bits per heavy atom. The van der Waals surface area contributed by atoms with E-state index in [0.29, 0.717) is 11.3 Å². The third-order valence-corrected chi connectivity index (χ3v) is 5.18. The van der Waals surface area contributed by atoms with Crippen LogP contribution in [0.3, 0.4) is 0 Å². The molecule has 2 N–H and O–H groups in total. The molecular formula is C21H23N5O3. The van der Waals surface area contributed by atoms with Crippen LogP contribution in [0.15, 0.2) is 47.4 Å². The van der Waals surface area contributed by atoms with Crippen molar-refractivity contribution < 1.29 is 9.90 Å². The number of aromatic carboxylic acids is 1. The van der Waals surface area contributed by atoms with Gasteiger partial charge in [0.05, 0.1) is 0 Å². The molecule has 0 atom stereocenters. The molecule has 4 rings (SSSR count). The molecule has 0 saturated carbocycles. The number of rotatable bonds is 4. The number of benzene rings is 1. The summed E-state index contributed by atoms with van der Waals surface area (Å²) in [4.78, 5) is 33.6. The Morgan fingerprint density at radius 3 is 2.59 bits per heavy atom. The lowest BCUT2D eigenvalue weighted by Gasteiger charge is -2.34. The number of aryl methyl sites for hydroxylation is 1. The summed E-state index contributed by atoms with van der Waals surface area (Å²) in [6.45, 7) is 5.64. The molecule has 0 aliphatic carbocycles. The molecule has 8 heteroatoms. The maximum atomic E-state index is 12.9. The number of nitrogens with one attached hydrogen (secondary N) is 1. The van der Waals surface area contributed by atoms with Crippen molar-refractivity contribution in [1.82, 2.24) is 14.3 Å². The van der Waals surface area contributed by atoms with Crippen molar-refractivity contribution in [3.05, 3.63) is 64.1 Å². The fourth-order valence-electron chi connectivity index (χ4n) is 3.53. The van der Waals surface area contributed by atoms with Gasteiger partial charge in [-0.25, -0.2) is 9.78 Å². The summed E-state index contributed by atoms with van der Waals surface area (Å²) in [5.41, 5.74) is 2.08. The lowest BCUT2D eigenvalue weighted by molar-refractivity contribution is 0.0695.